The monoisotopic (exact) mass is 225 g/mol. The van der Waals surface area contributed by atoms with Gasteiger partial charge in [0, 0.05) is 17.2 Å². The van der Waals surface area contributed by atoms with Crippen LogP contribution in [0.15, 0.2) is 35.3 Å². The Labute approximate surface area is 93.6 Å². The summed E-state index contributed by atoms with van der Waals surface area (Å²) in [5.41, 5.74) is 1.23. The molecule has 0 bridgehead atoms. The van der Waals surface area contributed by atoms with E-state index in [1.54, 1.807) is 0 Å². The van der Waals surface area contributed by atoms with Gasteiger partial charge in [0.15, 0.2) is 0 Å². The van der Waals surface area contributed by atoms with Crippen molar-refractivity contribution >= 4 is 28.4 Å². The Kier molecular flexibility index (Phi) is 3.49. The summed E-state index contributed by atoms with van der Waals surface area (Å²) in [6.07, 6.45) is 0.991. The number of rotatable bonds is 3. The predicted octanol–water partition coefficient (Wildman–Crippen LogP) is 3.18. The lowest BCUT2D eigenvalue weighted by Gasteiger charge is -1.99. The third kappa shape index (κ3) is 2.31. The van der Waals surface area contributed by atoms with E-state index in [0.29, 0.717) is 11.9 Å². The number of nitrogens with zero attached hydrogens (tertiary/aromatic N) is 1. The first-order valence-electron chi connectivity index (χ1n) is 4.72. The van der Waals surface area contributed by atoms with Crippen molar-refractivity contribution in [2.75, 3.05) is 11.6 Å². The molecule has 0 aromatic heterocycles. The molecule has 0 radical (unpaired) electrons. The number of aliphatic imine (C=N–C) groups is 1. The quantitative estimate of drug-likeness (QED) is 0.720. The molecule has 1 heterocycles. The molecule has 0 spiro atoms. The molecule has 2 rings (SSSR count). The minimum absolute atomic E-state index is 0.424. The summed E-state index contributed by atoms with van der Waals surface area (Å²) in [5, 5.41) is 1.17. The number of thioether (sulfide) groups is 1. The highest BCUT2D eigenvalue weighted by molar-refractivity contribution is 8.14. The summed E-state index contributed by atoms with van der Waals surface area (Å²) in [4.78, 5) is 4.64. The predicted molar refractivity (Wildman–Crippen MR) is 64.6 cm³/mol. The van der Waals surface area contributed by atoms with Crippen molar-refractivity contribution in [1.29, 1.82) is 0 Å². The first-order chi connectivity index (χ1) is 6.90. The van der Waals surface area contributed by atoms with Crippen LogP contribution in [0, 0.1) is 0 Å². The molecule has 0 N–H and O–H groups in total. The molecule has 1 unspecified atom stereocenters. The summed E-state index contributed by atoms with van der Waals surface area (Å²) in [6, 6.07) is 10.8. The summed E-state index contributed by atoms with van der Waals surface area (Å²) < 4.78 is 0. The van der Waals surface area contributed by atoms with Crippen molar-refractivity contribution in [3.05, 3.63) is 35.9 Å². The van der Waals surface area contributed by atoms with Crippen molar-refractivity contribution in [2.45, 2.75) is 12.5 Å². The summed E-state index contributed by atoms with van der Waals surface area (Å²) in [7, 11) is 0. The molecule has 14 heavy (non-hydrogen) atoms. The van der Waals surface area contributed by atoms with Crippen LogP contribution in [0.25, 0.3) is 0 Å². The van der Waals surface area contributed by atoms with Crippen LogP contribution < -0.4 is 0 Å². The molecular formula is C11H12ClNS. The van der Waals surface area contributed by atoms with Crippen molar-refractivity contribution < 1.29 is 0 Å². The van der Waals surface area contributed by atoms with Crippen LogP contribution in [0.1, 0.15) is 12.0 Å². The maximum absolute atomic E-state index is 5.70. The Morgan fingerprint density at radius 1 is 1.36 bits per heavy atom. The molecule has 74 valence electrons. The van der Waals surface area contributed by atoms with Crippen molar-refractivity contribution in [3.8, 4) is 0 Å². The van der Waals surface area contributed by atoms with Gasteiger partial charge in [-0.2, -0.15) is 0 Å². The van der Waals surface area contributed by atoms with E-state index in [4.69, 9.17) is 11.6 Å². The fourth-order valence-electron chi connectivity index (χ4n) is 1.43. The van der Waals surface area contributed by atoms with Crippen LogP contribution in [0.2, 0.25) is 0 Å². The van der Waals surface area contributed by atoms with E-state index in [1.165, 1.54) is 10.6 Å². The van der Waals surface area contributed by atoms with E-state index in [1.807, 2.05) is 30.0 Å². The van der Waals surface area contributed by atoms with E-state index in [9.17, 15) is 0 Å². The SMILES string of the molecule is ClCCC1CSC(c2ccccc2)=N1. The van der Waals surface area contributed by atoms with Crippen LogP contribution in [-0.2, 0) is 0 Å². The molecule has 1 aromatic carbocycles. The lowest BCUT2D eigenvalue weighted by Crippen LogP contribution is -2.03. The number of hydrogen-bond donors (Lipinski definition) is 0. The molecule has 1 nitrogen and oxygen atoms in total. The van der Waals surface area contributed by atoms with E-state index in [2.05, 4.69) is 17.1 Å². The van der Waals surface area contributed by atoms with Crippen molar-refractivity contribution in [2.24, 2.45) is 4.99 Å². The molecular weight excluding hydrogens is 214 g/mol. The molecule has 1 aromatic rings. The van der Waals surface area contributed by atoms with Gasteiger partial charge in [0.1, 0.15) is 0 Å². The zero-order valence-corrected chi connectivity index (χ0v) is 9.39. The van der Waals surface area contributed by atoms with Gasteiger partial charge in [-0.1, -0.05) is 30.3 Å². The van der Waals surface area contributed by atoms with E-state index < -0.39 is 0 Å². The van der Waals surface area contributed by atoms with Crippen LogP contribution in [0.5, 0.6) is 0 Å². The van der Waals surface area contributed by atoms with Gasteiger partial charge >= 0.3 is 0 Å². The molecule has 0 aliphatic carbocycles. The van der Waals surface area contributed by atoms with Crippen LogP contribution in [0.4, 0.5) is 0 Å². The maximum Gasteiger partial charge on any atom is 0.0981 e. The van der Waals surface area contributed by atoms with Crippen molar-refractivity contribution in [3.63, 3.8) is 0 Å². The Morgan fingerprint density at radius 3 is 2.86 bits per heavy atom. The highest BCUT2D eigenvalue weighted by Gasteiger charge is 2.18. The summed E-state index contributed by atoms with van der Waals surface area (Å²) in [6.45, 7) is 0. The van der Waals surface area contributed by atoms with Gasteiger partial charge in [0.2, 0.25) is 0 Å². The largest absolute Gasteiger partial charge is 0.274 e. The van der Waals surface area contributed by atoms with Gasteiger partial charge in [0.05, 0.1) is 11.1 Å². The van der Waals surface area contributed by atoms with E-state index in [-0.39, 0.29) is 0 Å². The lowest BCUT2D eigenvalue weighted by molar-refractivity contribution is 0.742. The van der Waals surface area contributed by atoms with Gasteiger partial charge in [-0.25, -0.2) is 0 Å². The first-order valence-corrected chi connectivity index (χ1v) is 6.24. The van der Waals surface area contributed by atoms with Crippen LogP contribution >= 0.6 is 23.4 Å². The fraction of sp³-hybridized carbons (Fsp3) is 0.364. The molecule has 0 saturated carbocycles. The second-order valence-electron chi connectivity index (χ2n) is 3.24. The van der Waals surface area contributed by atoms with E-state index in [0.717, 1.165) is 12.2 Å². The van der Waals surface area contributed by atoms with Gasteiger partial charge in [-0.3, -0.25) is 4.99 Å². The smallest absolute Gasteiger partial charge is 0.0981 e. The zero-order chi connectivity index (χ0) is 9.80. The number of halogens is 1. The summed E-state index contributed by atoms with van der Waals surface area (Å²) >= 11 is 7.53. The average Bonchev–Trinajstić information content (AvgIpc) is 2.68. The standard InChI is InChI=1S/C11H12ClNS/c12-7-6-10-8-14-11(13-10)9-4-2-1-3-5-9/h1-5,10H,6-8H2. The minimum Gasteiger partial charge on any atom is -0.274 e. The number of benzene rings is 1. The Morgan fingerprint density at radius 2 is 2.14 bits per heavy atom. The normalized spacial score (nSPS) is 20.9. The van der Waals surface area contributed by atoms with E-state index >= 15 is 0 Å². The van der Waals surface area contributed by atoms with Gasteiger partial charge in [-0.05, 0) is 6.42 Å². The maximum atomic E-state index is 5.70. The van der Waals surface area contributed by atoms with Crippen LogP contribution in [-0.4, -0.2) is 22.7 Å². The van der Waals surface area contributed by atoms with Gasteiger partial charge in [-0.15, -0.1) is 23.4 Å². The van der Waals surface area contributed by atoms with Gasteiger partial charge < -0.3 is 0 Å². The second-order valence-corrected chi connectivity index (χ2v) is 4.63. The minimum atomic E-state index is 0.424. The fourth-order valence-corrected chi connectivity index (χ4v) is 2.80. The van der Waals surface area contributed by atoms with Crippen LogP contribution in [0.3, 0.4) is 0 Å². The Balaban J connectivity index is 2.10. The topological polar surface area (TPSA) is 12.4 Å². The summed E-state index contributed by atoms with van der Waals surface area (Å²) in [5.74, 6) is 1.79. The third-order valence-electron chi connectivity index (χ3n) is 2.18. The highest BCUT2D eigenvalue weighted by atomic mass is 35.5. The molecule has 0 amide bonds. The molecule has 1 atom stereocenters. The van der Waals surface area contributed by atoms with Gasteiger partial charge in [0.25, 0.3) is 0 Å². The Bertz CT molecular complexity index is 323. The molecule has 1 aliphatic rings. The highest BCUT2D eigenvalue weighted by Crippen LogP contribution is 2.24. The number of alkyl halides is 1. The lowest BCUT2D eigenvalue weighted by atomic mass is 10.2. The third-order valence-corrected chi connectivity index (χ3v) is 3.56. The first kappa shape index (κ1) is 10.1. The number of hydrogen-bond acceptors (Lipinski definition) is 2. The Hall–Kier alpha value is -0.470. The van der Waals surface area contributed by atoms with Crippen molar-refractivity contribution in [1.82, 2.24) is 0 Å². The molecule has 0 fully saturated rings. The molecule has 0 saturated heterocycles. The molecule has 1 aliphatic heterocycles. The molecule has 3 heteroatoms. The zero-order valence-electron chi connectivity index (χ0n) is 7.82. The second kappa shape index (κ2) is 4.85. The average molecular weight is 226 g/mol.